The van der Waals surface area contributed by atoms with Gasteiger partial charge in [-0.3, -0.25) is 4.79 Å². The number of thioether (sulfide) groups is 1. The summed E-state index contributed by atoms with van der Waals surface area (Å²) in [5, 5.41) is 6.28. The van der Waals surface area contributed by atoms with Gasteiger partial charge in [0.2, 0.25) is 0 Å². The Labute approximate surface area is 181 Å². The first-order chi connectivity index (χ1) is 13.6. The van der Waals surface area contributed by atoms with E-state index in [2.05, 4.69) is 52.3 Å². The van der Waals surface area contributed by atoms with Gasteiger partial charge in [-0.15, -0.1) is 0 Å². The van der Waals surface area contributed by atoms with Crippen molar-refractivity contribution < 1.29 is 9.21 Å². The number of halogens is 1. The summed E-state index contributed by atoms with van der Waals surface area (Å²) in [5.74, 6) is 1.36. The van der Waals surface area contributed by atoms with E-state index in [1.165, 1.54) is 20.9 Å². The van der Waals surface area contributed by atoms with Gasteiger partial charge < -0.3 is 15.1 Å². The maximum Gasteiger partial charge on any atom is 0.260 e. The van der Waals surface area contributed by atoms with Crippen LogP contribution in [0.3, 0.4) is 0 Å². The van der Waals surface area contributed by atoms with Crippen molar-refractivity contribution in [2.24, 2.45) is 0 Å². The number of carbonyl (C=O) groups is 1. The van der Waals surface area contributed by atoms with E-state index < -0.39 is 0 Å². The van der Waals surface area contributed by atoms with Crippen LogP contribution < -0.4 is 10.6 Å². The topological polar surface area (TPSA) is 54.3 Å². The van der Waals surface area contributed by atoms with Crippen LogP contribution in [0.1, 0.15) is 18.2 Å². The fraction of sp³-hybridized carbons (Fsp3) is 0.136. The molecule has 2 aromatic carbocycles. The molecule has 28 heavy (non-hydrogen) atoms. The van der Waals surface area contributed by atoms with Gasteiger partial charge in [-0.1, -0.05) is 43.0 Å². The molecule has 3 aromatic rings. The van der Waals surface area contributed by atoms with Crippen molar-refractivity contribution in [1.82, 2.24) is 5.32 Å². The van der Waals surface area contributed by atoms with Crippen LogP contribution in [-0.2, 0) is 11.2 Å². The average molecular weight is 502 g/mol. The van der Waals surface area contributed by atoms with Gasteiger partial charge in [0.1, 0.15) is 11.5 Å². The number of hydrogen-bond acceptors (Lipinski definition) is 4. The van der Waals surface area contributed by atoms with E-state index in [4.69, 9.17) is 4.42 Å². The lowest BCUT2D eigenvalue weighted by molar-refractivity contribution is -0.116. The van der Waals surface area contributed by atoms with Crippen molar-refractivity contribution >= 4 is 52.0 Å². The predicted octanol–water partition coefficient (Wildman–Crippen LogP) is 5.71. The molecule has 0 aliphatic carbocycles. The highest BCUT2D eigenvalue weighted by atomic mass is 127. The molecule has 1 fully saturated rings. The molecule has 2 N–H and O–H groups in total. The smallest absolute Gasteiger partial charge is 0.260 e. The third-order valence-electron chi connectivity index (χ3n) is 4.42. The number of amides is 1. The van der Waals surface area contributed by atoms with Gasteiger partial charge in [-0.05, 0) is 71.0 Å². The van der Waals surface area contributed by atoms with Crippen LogP contribution in [0.25, 0.3) is 17.4 Å². The molecule has 6 heteroatoms. The van der Waals surface area contributed by atoms with Crippen LogP contribution in [-0.4, -0.2) is 11.4 Å². The normalized spacial score (nSPS) is 17.7. The highest BCUT2D eigenvalue weighted by Crippen LogP contribution is 2.31. The van der Waals surface area contributed by atoms with Gasteiger partial charge in [0, 0.05) is 20.9 Å². The van der Waals surface area contributed by atoms with Crippen LogP contribution >= 0.6 is 34.4 Å². The largest absolute Gasteiger partial charge is 0.457 e. The summed E-state index contributed by atoms with van der Waals surface area (Å²) < 4.78 is 7.08. The second-order valence-corrected chi connectivity index (χ2v) is 8.78. The predicted molar refractivity (Wildman–Crippen MR) is 124 cm³/mol. The Morgan fingerprint density at radius 1 is 1.11 bits per heavy atom. The molecule has 0 spiro atoms. The van der Waals surface area contributed by atoms with Crippen molar-refractivity contribution in [3.05, 3.63) is 80.5 Å². The van der Waals surface area contributed by atoms with Crippen molar-refractivity contribution in [2.75, 3.05) is 5.32 Å². The first kappa shape index (κ1) is 19.1. The zero-order valence-corrected chi connectivity index (χ0v) is 18.2. The van der Waals surface area contributed by atoms with Crippen LogP contribution in [0, 0.1) is 3.57 Å². The molecule has 1 aromatic heterocycles. The number of nitrogens with one attached hydrogen (secondary N) is 2. The summed E-state index contributed by atoms with van der Waals surface area (Å²) in [7, 11) is 0. The van der Waals surface area contributed by atoms with Gasteiger partial charge in [0.05, 0.1) is 4.91 Å². The van der Waals surface area contributed by atoms with Crippen molar-refractivity contribution in [2.45, 2.75) is 18.8 Å². The van der Waals surface area contributed by atoms with Crippen molar-refractivity contribution in [1.29, 1.82) is 0 Å². The molecular weight excluding hydrogens is 483 g/mol. The quantitative estimate of drug-likeness (QED) is 0.347. The Hall–Kier alpha value is -2.19. The number of anilines is 1. The van der Waals surface area contributed by atoms with Crippen molar-refractivity contribution in [3.8, 4) is 11.3 Å². The maximum absolute atomic E-state index is 12.3. The summed E-state index contributed by atoms with van der Waals surface area (Å²) in [5.41, 5.74) is 3.09. The summed E-state index contributed by atoms with van der Waals surface area (Å²) in [6.45, 7) is 2.13. The second-order valence-electron chi connectivity index (χ2n) is 6.38. The monoisotopic (exact) mass is 502 g/mol. The molecule has 0 bridgehead atoms. The first-order valence-corrected chi connectivity index (χ1v) is 11.0. The molecule has 2 heterocycles. The number of benzene rings is 2. The molecule has 142 valence electrons. The number of carbonyl (C=O) groups excluding carboxylic acids is 1. The second kappa shape index (κ2) is 8.45. The minimum absolute atomic E-state index is 0.0973. The fourth-order valence-electron chi connectivity index (χ4n) is 2.88. The molecule has 0 unspecified atom stereocenters. The van der Waals surface area contributed by atoms with E-state index >= 15 is 0 Å². The van der Waals surface area contributed by atoms with Crippen LogP contribution in [0.4, 0.5) is 5.69 Å². The Bertz CT molecular complexity index is 1010. The molecule has 4 nitrogen and oxygen atoms in total. The molecule has 1 aliphatic heterocycles. The van der Waals surface area contributed by atoms with Gasteiger partial charge in [0.25, 0.3) is 5.91 Å². The maximum atomic E-state index is 12.3. The standard InChI is InChI=1S/C22H19IN2O2S/c1-2-14-3-9-17(10-4-14)24-22-25-21(26)20(28-22)13-18-11-12-19(27-18)15-5-7-16(23)8-6-15/h3-13,22,24H,2H2,1H3,(H,25,26)/b20-13-/t22-/m1/s1. The van der Waals surface area contributed by atoms with Gasteiger partial charge in [-0.2, -0.15) is 0 Å². The van der Waals surface area contributed by atoms with E-state index in [9.17, 15) is 4.79 Å². The van der Waals surface area contributed by atoms with Crippen LogP contribution in [0.5, 0.6) is 0 Å². The van der Waals surface area contributed by atoms with E-state index in [1.54, 1.807) is 6.08 Å². The minimum Gasteiger partial charge on any atom is -0.457 e. The average Bonchev–Trinajstić information content (AvgIpc) is 3.30. The molecule has 0 saturated carbocycles. The number of aryl methyl sites for hydroxylation is 1. The molecule has 1 aliphatic rings. The zero-order chi connectivity index (χ0) is 19.5. The number of hydrogen-bond donors (Lipinski definition) is 2. The molecule has 1 amide bonds. The lowest BCUT2D eigenvalue weighted by atomic mass is 10.1. The van der Waals surface area contributed by atoms with E-state index in [0.29, 0.717) is 10.7 Å². The van der Waals surface area contributed by atoms with Crippen LogP contribution in [0.2, 0.25) is 0 Å². The number of rotatable bonds is 5. The SMILES string of the molecule is CCc1ccc(N[C@@H]2NC(=O)/C(=C/c3ccc(-c4ccc(I)cc4)o3)S2)cc1. The van der Waals surface area contributed by atoms with E-state index in [0.717, 1.165) is 23.4 Å². The van der Waals surface area contributed by atoms with Crippen molar-refractivity contribution in [3.63, 3.8) is 0 Å². The molecule has 1 saturated heterocycles. The molecule has 4 rings (SSSR count). The Morgan fingerprint density at radius 2 is 1.86 bits per heavy atom. The zero-order valence-electron chi connectivity index (χ0n) is 15.2. The Morgan fingerprint density at radius 3 is 2.57 bits per heavy atom. The fourth-order valence-corrected chi connectivity index (χ4v) is 4.21. The van der Waals surface area contributed by atoms with E-state index in [-0.39, 0.29) is 11.4 Å². The minimum atomic E-state index is -0.197. The Balaban J connectivity index is 1.45. The third kappa shape index (κ3) is 4.44. The Kier molecular flexibility index (Phi) is 5.77. The summed E-state index contributed by atoms with van der Waals surface area (Å²) in [4.78, 5) is 12.9. The van der Waals surface area contributed by atoms with Gasteiger partial charge >= 0.3 is 0 Å². The lowest BCUT2D eigenvalue weighted by Crippen LogP contribution is -2.30. The van der Waals surface area contributed by atoms with Gasteiger partial charge in [0.15, 0.2) is 5.50 Å². The highest BCUT2D eigenvalue weighted by molar-refractivity contribution is 14.1. The van der Waals surface area contributed by atoms with E-state index in [1.807, 2.05) is 48.5 Å². The molecular formula is C22H19IN2O2S. The number of furan rings is 1. The lowest BCUT2D eigenvalue weighted by Gasteiger charge is -2.12. The summed E-state index contributed by atoms with van der Waals surface area (Å²) >= 11 is 3.73. The summed E-state index contributed by atoms with van der Waals surface area (Å²) in [6.07, 6.45) is 2.80. The third-order valence-corrected chi connectivity index (χ3v) is 6.17. The first-order valence-electron chi connectivity index (χ1n) is 9.01. The summed E-state index contributed by atoms with van der Waals surface area (Å²) in [6, 6.07) is 20.2. The highest BCUT2D eigenvalue weighted by Gasteiger charge is 2.27. The van der Waals surface area contributed by atoms with Crippen LogP contribution in [0.15, 0.2) is 70.0 Å². The molecule has 1 atom stereocenters. The molecule has 0 radical (unpaired) electrons. The van der Waals surface area contributed by atoms with Gasteiger partial charge in [-0.25, -0.2) is 0 Å².